The van der Waals surface area contributed by atoms with Crippen LogP contribution in [-0.2, 0) is 16.1 Å². The second kappa shape index (κ2) is 6.52. The second-order valence-corrected chi connectivity index (χ2v) is 6.21. The van der Waals surface area contributed by atoms with Crippen LogP contribution in [0.2, 0.25) is 0 Å². The Kier molecular flexibility index (Phi) is 4.41. The van der Waals surface area contributed by atoms with Gasteiger partial charge in [0.1, 0.15) is 21.1 Å². The van der Waals surface area contributed by atoms with Crippen molar-refractivity contribution in [2.45, 2.75) is 20.5 Å². The lowest BCUT2D eigenvalue weighted by molar-refractivity contribution is 0.0437. The number of furan rings is 1. The number of nitrogens with zero attached hydrogens (tertiary/aromatic N) is 1. The quantitative estimate of drug-likeness (QED) is 0.709. The molecule has 0 aliphatic heterocycles. The number of aryl methyl sites for hydroxylation is 2. The normalized spacial score (nSPS) is 10.8. The Balaban J connectivity index is 1.85. The Labute approximate surface area is 145 Å². The summed E-state index contributed by atoms with van der Waals surface area (Å²) >= 11 is 1.08. The Morgan fingerprint density at radius 3 is 2.80 bits per heavy atom. The minimum Gasteiger partial charge on any atom is -0.465 e. The highest BCUT2D eigenvalue weighted by atomic mass is 32.1. The number of ether oxygens (including phenoxy) is 2. The van der Waals surface area contributed by atoms with Crippen molar-refractivity contribution in [3.63, 3.8) is 0 Å². The topological polar surface area (TPSA) is 111 Å². The molecule has 0 aliphatic carbocycles. The molecule has 3 heterocycles. The summed E-state index contributed by atoms with van der Waals surface area (Å²) in [4.78, 5) is 43.6. The van der Waals surface area contributed by atoms with Gasteiger partial charge in [0, 0.05) is 0 Å². The van der Waals surface area contributed by atoms with Gasteiger partial charge in [-0.3, -0.25) is 4.79 Å². The summed E-state index contributed by atoms with van der Waals surface area (Å²) in [5.41, 5.74) is 0.401. The number of hydrogen-bond acceptors (Lipinski definition) is 8. The summed E-state index contributed by atoms with van der Waals surface area (Å²) in [6.45, 7) is 3.10. The van der Waals surface area contributed by atoms with Gasteiger partial charge in [-0.15, -0.1) is 11.3 Å². The summed E-state index contributed by atoms with van der Waals surface area (Å²) in [7, 11) is 1.25. The molecule has 0 bridgehead atoms. The van der Waals surface area contributed by atoms with Crippen LogP contribution in [0.1, 0.15) is 37.2 Å². The van der Waals surface area contributed by atoms with Gasteiger partial charge in [-0.05, 0) is 25.5 Å². The van der Waals surface area contributed by atoms with Crippen LogP contribution in [-0.4, -0.2) is 29.0 Å². The van der Waals surface area contributed by atoms with Gasteiger partial charge in [0.25, 0.3) is 5.56 Å². The highest BCUT2D eigenvalue weighted by molar-refractivity contribution is 7.20. The number of aromatic nitrogens is 2. The first-order valence-corrected chi connectivity index (χ1v) is 8.05. The lowest BCUT2D eigenvalue weighted by Crippen LogP contribution is -2.10. The summed E-state index contributed by atoms with van der Waals surface area (Å²) in [5, 5.41) is 0.371. The van der Waals surface area contributed by atoms with E-state index in [4.69, 9.17) is 9.15 Å². The van der Waals surface area contributed by atoms with Crippen molar-refractivity contribution < 1.29 is 23.5 Å². The van der Waals surface area contributed by atoms with Gasteiger partial charge in [0.05, 0.1) is 18.8 Å². The molecule has 0 radical (unpaired) electrons. The van der Waals surface area contributed by atoms with E-state index in [1.165, 1.54) is 19.4 Å². The van der Waals surface area contributed by atoms with E-state index in [1.54, 1.807) is 13.8 Å². The first kappa shape index (κ1) is 16.9. The molecule has 0 aliphatic rings. The maximum absolute atomic E-state index is 12.4. The Bertz CT molecular complexity index is 1030. The molecular formula is C16H14N2O6S. The van der Waals surface area contributed by atoms with Gasteiger partial charge in [-0.1, -0.05) is 0 Å². The number of aromatic amines is 1. The Morgan fingerprint density at radius 2 is 2.08 bits per heavy atom. The molecule has 0 saturated heterocycles. The van der Waals surface area contributed by atoms with Crippen LogP contribution in [0, 0.1) is 13.8 Å². The summed E-state index contributed by atoms with van der Waals surface area (Å²) in [5.74, 6) is -0.545. The minimum absolute atomic E-state index is 0.186. The van der Waals surface area contributed by atoms with E-state index in [2.05, 4.69) is 14.7 Å². The molecule has 0 amide bonds. The number of thiophene rings is 1. The number of rotatable bonds is 4. The zero-order valence-electron chi connectivity index (χ0n) is 13.7. The molecule has 9 heteroatoms. The van der Waals surface area contributed by atoms with E-state index < -0.39 is 11.9 Å². The molecule has 3 rings (SSSR count). The Hall–Kier alpha value is -2.94. The molecule has 0 saturated carbocycles. The average Bonchev–Trinajstić information content (AvgIpc) is 3.16. The zero-order chi connectivity index (χ0) is 18.1. The van der Waals surface area contributed by atoms with Crippen LogP contribution in [0.4, 0.5) is 0 Å². The first-order chi connectivity index (χ1) is 11.9. The average molecular weight is 362 g/mol. The fourth-order valence-corrected chi connectivity index (χ4v) is 3.51. The van der Waals surface area contributed by atoms with Crippen molar-refractivity contribution in [2.24, 2.45) is 0 Å². The van der Waals surface area contributed by atoms with Crippen LogP contribution >= 0.6 is 11.3 Å². The van der Waals surface area contributed by atoms with Crippen molar-refractivity contribution in [3.8, 4) is 0 Å². The maximum atomic E-state index is 12.4. The van der Waals surface area contributed by atoms with E-state index in [9.17, 15) is 14.4 Å². The molecule has 0 unspecified atom stereocenters. The van der Waals surface area contributed by atoms with Gasteiger partial charge in [0.2, 0.25) is 0 Å². The van der Waals surface area contributed by atoms with Crippen molar-refractivity contribution in [1.29, 1.82) is 0 Å². The summed E-state index contributed by atoms with van der Waals surface area (Å²) < 4.78 is 15.0. The highest BCUT2D eigenvalue weighted by Crippen LogP contribution is 2.28. The number of carbonyl (C=O) groups excluding carboxylic acids is 2. The lowest BCUT2D eigenvalue weighted by Gasteiger charge is -2.03. The van der Waals surface area contributed by atoms with Crippen molar-refractivity contribution in [2.75, 3.05) is 7.11 Å². The third-order valence-corrected chi connectivity index (χ3v) is 4.76. The van der Waals surface area contributed by atoms with Gasteiger partial charge < -0.3 is 18.9 Å². The zero-order valence-corrected chi connectivity index (χ0v) is 14.5. The van der Waals surface area contributed by atoms with Gasteiger partial charge in [-0.2, -0.15) is 0 Å². The second-order valence-electron chi connectivity index (χ2n) is 5.21. The number of carbonyl (C=O) groups is 2. The molecule has 0 spiro atoms. The minimum atomic E-state index is -0.621. The molecule has 130 valence electrons. The standard InChI is InChI=1S/C16H14N2O6S/c1-7-11-13(19)17-8(2)18-14(11)25-12(7)16(21)24-6-10-9(4-5-23-10)15(20)22-3/h4-5H,6H2,1-3H3,(H,17,18,19). The number of methoxy groups -OCH3 is 1. The number of fused-ring (bicyclic) bond motifs is 1. The lowest BCUT2D eigenvalue weighted by atomic mass is 10.2. The summed E-state index contributed by atoms with van der Waals surface area (Å²) in [6.07, 6.45) is 1.31. The van der Waals surface area contributed by atoms with E-state index in [0.717, 1.165) is 11.3 Å². The highest BCUT2D eigenvalue weighted by Gasteiger charge is 2.22. The molecule has 3 aromatic rings. The van der Waals surface area contributed by atoms with Crippen molar-refractivity contribution in [3.05, 3.63) is 50.3 Å². The first-order valence-electron chi connectivity index (χ1n) is 7.24. The van der Waals surface area contributed by atoms with Crippen molar-refractivity contribution in [1.82, 2.24) is 9.97 Å². The number of nitrogens with one attached hydrogen (secondary N) is 1. The van der Waals surface area contributed by atoms with Gasteiger partial charge in [0.15, 0.2) is 12.4 Å². The van der Waals surface area contributed by atoms with Gasteiger partial charge >= 0.3 is 11.9 Å². The smallest absolute Gasteiger partial charge is 0.349 e. The largest absolute Gasteiger partial charge is 0.465 e. The third-order valence-electron chi connectivity index (χ3n) is 3.59. The fraction of sp³-hybridized carbons (Fsp3) is 0.250. The summed E-state index contributed by atoms with van der Waals surface area (Å²) in [6, 6.07) is 1.44. The van der Waals surface area contributed by atoms with Crippen LogP contribution in [0.5, 0.6) is 0 Å². The Morgan fingerprint density at radius 1 is 1.32 bits per heavy atom. The van der Waals surface area contributed by atoms with E-state index in [0.29, 0.717) is 21.6 Å². The third kappa shape index (κ3) is 3.05. The molecule has 0 atom stereocenters. The van der Waals surface area contributed by atoms with Crippen LogP contribution in [0.3, 0.4) is 0 Å². The number of hydrogen-bond donors (Lipinski definition) is 1. The molecule has 8 nitrogen and oxygen atoms in total. The molecular weight excluding hydrogens is 348 g/mol. The van der Waals surface area contributed by atoms with Crippen LogP contribution < -0.4 is 5.56 Å². The number of H-pyrrole nitrogens is 1. The van der Waals surface area contributed by atoms with Crippen LogP contribution in [0.25, 0.3) is 10.2 Å². The fourth-order valence-electron chi connectivity index (χ4n) is 2.39. The molecule has 0 fully saturated rings. The number of esters is 2. The predicted molar refractivity (Wildman–Crippen MR) is 88.9 cm³/mol. The molecule has 25 heavy (non-hydrogen) atoms. The van der Waals surface area contributed by atoms with E-state index in [1.807, 2.05) is 0 Å². The predicted octanol–water partition coefficient (Wildman–Crippen LogP) is 2.34. The molecule has 1 N–H and O–H groups in total. The maximum Gasteiger partial charge on any atom is 0.349 e. The van der Waals surface area contributed by atoms with Gasteiger partial charge in [-0.25, -0.2) is 14.6 Å². The molecule has 0 aromatic carbocycles. The molecule has 3 aromatic heterocycles. The monoisotopic (exact) mass is 362 g/mol. The van der Waals surface area contributed by atoms with E-state index >= 15 is 0 Å². The SMILES string of the molecule is COC(=O)c1ccoc1COC(=O)c1sc2nc(C)[nH]c(=O)c2c1C. The van der Waals surface area contributed by atoms with E-state index in [-0.39, 0.29) is 28.4 Å². The van der Waals surface area contributed by atoms with Crippen LogP contribution in [0.15, 0.2) is 21.5 Å². The van der Waals surface area contributed by atoms with Crippen molar-refractivity contribution >= 4 is 33.5 Å².